The van der Waals surface area contributed by atoms with E-state index in [0.717, 1.165) is 34.0 Å². The van der Waals surface area contributed by atoms with Crippen molar-refractivity contribution in [1.82, 2.24) is 9.38 Å². The maximum atomic E-state index is 9.51. The maximum Gasteiger partial charge on any atom is 0.137 e. The van der Waals surface area contributed by atoms with E-state index >= 15 is 0 Å². The van der Waals surface area contributed by atoms with Gasteiger partial charge in [-0.2, -0.15) is 5.26 Å². The van der Waals surface area contributed by atoms with Crippen molar-refractivity contribution < 1.29 is 9.47 Å². The molecule has 2 aromatic heterocycles. The number of ether oxygens (including phenoxy) is 2. The first kappa shape index (κ1) is 15.9. The highest BCUT2D eigenvalue weighted by atomic mass is 16.5. The van der Waals surface area contributed by atoms with Crippen molar-refractivity contribution in [3.63, 3.8) is 0 Å². The molecule has 0 N–H and O–H groups in total. The summed E-state index contributed by atoms with van der Waals surface area (Å²) in [6, 6.07) is 13.8. The van der Waals surface area contributed by atoms with Crippen molar-refractivity contribution in [1.29, 1.82) is 5.26 Å². The smallest absolute Gasteiger partial charge is 0.137 e. The van der Waals surface area contributed by atoms with Gasteiger partial charge in [0.05, 0.1) is 37.6 Å². The Kier molecular flexibility index (Phi) is 4.13. The zero-order valence-electron chi connectivity index (χ0n) is 14.2. The Morgan fingerprint density at radius 2 is 1.96 bits per heavy atom. The number of aromatic nitrogens is 2. The SMILES string of the molecule is COc1ccc(OC)c(-c2nc3cccc(C)n3c2C(C)C#N)c1. The Hall–Kier alpha value is -3.00. The quantitative estimate of drug-likeness (QED) is 0.730. The van der Waals surface area contributed by atoms with Crippen molar-refractivity contribution in [3.8, 4) is 28.8 Å². The van der Waals surface area contributed by atoms with Crippen LogP contribution in [-0.4, -0.2) is 23.6 Å². The van der Waals surface area contributed by atoms with Crippen LogP contribution in [0.3, 0.4) is 0 Å². The van der Waals surface area contributed by atoms with Crippen LogP contribution in [0.2, 0.25) is 0 Å². The molecular weight excluding hydrogens is 302 g/mol. The molecule has 24 heavy (non-hydrogen) atoms. The van der Waals surface area contributed by atoms with Crippen molar-refractivity contribution in [2.24, 2.45) is 0 Å². The minimum Gasteiger partial charge on any atom is -0.497 e. The molecule has 0 spiro atoms. The summed E-state index contributed by atoms with van der Waals surface area (Å²) in [5, 5.41) is 9.51. The summed E-state index contributed by atoms with van der Waals surface area (Å²) < 4.78 is 12.9. The van der Waals surface area contributed by atoms with Crippen LogP contribution in [0.4, 0.5) is 0 Å². The monoisotopic (exact) mass is 321 g/mol. The summed E-state index contributed by atoms with van der Waals surface area (Å²) in [7, 11) is 3.25. The highest BCUT2D eigenvalue weighted by Gasteiger charge is 2.23. The molecule has 1 unspecified atom stereocenters. The number of fused-ring (bicyclic) bond motifs is 1. The second kappa shape index (κ2) is 6.25. The summed E-state index contributed by atoms with van der Waals surface area (Å²) in [5.74, 6) is 1.10. The molecule has 0 saturated carbocycles. The molecule has 0 aliphatic carbocycles. The van der Waals surface area contributed by atoms with E-state index in [1.807, 2.05) is 54.6 Å². The number of aryl methyl sites for hydroxylation is 1. The van der Waals surface area contributed by atoms with Crippen LogP contribution >= 0.6 is 0 Å². The number of benzene rings is 1. The number of methoxy groups -OCH3 is 2. The molecule has 3 aromatic rings. The lowest BCUT2D eigenvalue weighted by molar-refractivity contribution is 0.404. The fourth-order valence-corrected chi connectivity index (χ4v) is 2.94. The molecule has 0 bridgehead atoms. The molecule has 0 aliphatic heterocycles. The lowest BCUT2D eigenvalue weighted by Crippen LogP contribution is -2.02. The Balaban J connectivity index is 2.39. The van der Waals surface area contributed by atoms with Crippen LogP contribution in [0.1, 0.15) is 24.2 Å². The predicted molar refractivity (Wildman–Crippen MR) is 92.5 cm³/mol. The normalized spacial score (nSPS) is 12.0. The van der Waals surface area contributed by atoms with E-state index in [0.29, 0.717) is 5.75 Å². The number of hydrogen-bond donors (Lipinski definition) is 0. The van der Waals surface area contributed by atoms with Crippen LogP contribution in [-0.2, 0) is 0 Å². The van der Waals surface area contributed by atoms with Gasteiger partial charge in [0.25, 0.3) is 0 Å². The summed E-state index contributed by atoms with van der Waals surface area (Å²) in [5.41, 5.74) is 4.26. The molecule has 2 heterocycles. The van der Waals surface area contributed by atoms with E-state index < -0.39 is 0 Å². The van der Waals surface area contributed by atoms with Gasteiger partial charge in [0.2, 0.25) is 0 Å². The van der Waals surface area contributed by atoms with E-state index in [-0.39, 0.29) is 5.92 Å². The molecule has 5 heteroatoms. The molecular formula is C19H19N3O2. The predicted octanol–water partition coefficient (Wildman–Crippen LogP) is 3.95. The van der Waals surface area contributed by atoms with E-state index in [4.69, 9.17) is 14.5 Å². The molecule has 1 atom stereocenters. The molecule has 0 radical (unpaired) electrons. The highest BCUT2D eigenvalue weighted by molar-refractivity contribution is 5.74. The zero-order valence-corrected chi connectivity index (χ0v) is 14.2. The minimum absolute atomic E-state index is 0.313. The molecule has 5 nitrogen and oxygen atoms in total. The molecule has 1 aromatic carbocycles. The lowest BCUT2D eigenvalue weighted by Gasteiger charge is -2.12. The van der Waals surface area contributed by atoms with Crippen molar-refractivity contribution in [2.45, 2.75) is 19.8 Å². The summed E-state index contributed by atoms with van der Waals surface area (Å²) in [4.78, 5) is 4.77. The maximum absolute atomic E-state index is 9.51. The Morgan fingerprint density at radius 1 is 1.17 bits per heavy atom. The van der Waals surface area contributed by atoms with Crippen LogP contribution in [0.25, 0.3) is 16.9 Å². The summed E-state index contributed by atoms with van der Waals surface area (Å²) >= 11 is 0. The first-order valence-corrected chi connectivity index (χ1v) is 7.70. The van der Waals surface area contributed by atoms with Gasteiger partial charge < -0.3 is 9.47 Å². The first-order chi connectivity index (χ1) is 11.6. The zero-order chi connectivity index (χ0) is 17.3. The third-order valence-corrected chi connectivity index (χ3v) is 4.14. The third-order valence-electron chi connectivity index (χ3n) is 4.14. The number of imidazole rings is 1. The van der Waals surface area contributed by atoms with Crippen LogP contribution in [0, 0.1) is 18.3 Å². The van der Waals surface area contributed by atoms with E-state index in [1.165, 1.54) is 0 Å². The van der Waals surface area contributed by atoms with Gasteiger partial charge in [0.1, 0.15) is 17.1 Å². The van der Waals surface area contributed by atoms with Crippen molar-refractivity contribution in [3.05, 3.63) is 47.8 Å². The number of nitrogens with zero attached hydrogens (tertiary/aromatic N) is 3. The fourth-order valence-electron chi connectivity index (χ4n) is 2.94. The molecule has 0 amide bonds. The average Bonchev–Trinajstić information content (AvgIpc) is 3.01. The standard InChI is InChI=1S/C19H19N3O2/c1-12(11-20)19-18(21-17-7-5-6-13(2)22(17)19)15-10-14(23-3)8-9-16(15)24-4/h5-10,12H,1-4H3. The van der Waals surface area contributed by atoms with Gasteiger partial charge in [0.15, 0.2) is 0 Å². The Bertz CT molecular complexity index is 938. The molecule has 0 aliphatic rings. The van der Waals surface area contributed by atoms with E-state index in [2.05, 4.69) is 6.07 Å². The number of hydrogen-bond acceptors (Lipinski definition) is 4. The third kappa shape index (κ3) is 2.46. The van der Waals surface area contributed by atoms with E-state index in [9.17, 15) is 5.26 Å². The Labute approximate surface area is 141 Å². The fraction of sp³-hybridized carbons (Fsp3) is 0.263. The van der Waals surface area contributed by atoms with Gasteiger partial charge in [-0.15, -0.1) is 0 Å². The van der Waals surface area contributed by atoms with Gasteiger partial charge in [-0.1, -0.05) is 6.07 Å². The number of nitriles is 1. The van der Waals surface area contributed by atoms with Crippen molar-refractivity contribution in [2.75, 3.05) is 14.2 Å². The Morgan fingerprint density at radius 3 is 2.62 bits per heavy atom. The van der Waals surface area contributed by atoms with Gasteiger partial charge in [-0.3, -0.25) is 4.40 Å². The minimum atomic E-state index is -0.313. The van der Waals surface area contributed by atoms with Crippen LogP contribution < -0.4 is 9.47 Å². The first-order valence-electron chi connectivity index (χ1n) is 7.70. The molecule has 0 fully saturated rings. The van der Waals surface area contributed by atoms with E-state index in [1.54, 1.807) is 14.2 Å². The van der Waals surface area contributed by atoms with Gasteiger partial charge in [-0.25, -0.2) is 4.98 Å². The average molecular weight is 321 g/mol. The van der Waals surface area contributed by atoms with Gasteiger partial charge in [-0.05, 0) is 44.2 Å². The van der Waals surface area contributed by atoms with Gasteiger partial charge in [0, 0.05) is 11.3 Å². The van der Waals surface area contributed by atoms with Gasteiger partial charge >= 0.3 is 0 Å². The largest absolute Gasteiger partial charge is 0.497 e. The summed E-state index contributed by atoms with van der Waals surface area (Å²) in [6.45, 7) is 3.89. The van der Waals surface area contributed by atoms with Crippen LogP contribution in [0.5, 0.6) is 11.5 Å². The summed E-state index contributed by atoms with van der Waals surface area (Å²) in [6.07, 6.45) is 0. The topological polar surface area (TPSA) is 59.6 Å². The number of pyridine rings is 1. The molecule has 0 saturated heterocycles. The molecule has 122 valence electrons. The number of rotatable bonds is 4. The van der Waals surface area contributed by atoms with Crippen LogP contribution in [0.15, 0.2) is 36.4 Å². The second-order valence-electron chi connectivity index (χ2n) is 5.62. The molecule has 3 rings (SSSR count). The van der Waals surface area contributed by atoms with Crippen molar-refractivity contribution >= 4 is 5.65 Å². The highest BCUT2D eigenvalue weighted by Crippen LogP contribution is 2.38. The lowest BCUT2D eigenvalue weighted by atomic mass is 10.0. The second-order valence-corrected chi connectivity index (χ2v) is 5.62.